The summed E-state index contributed by atoms with van der Waals surface area (Å²) in [6.07, 6.45) is 1.73. The number of para-hydroxylation sites is 1. The number of carbonyl (C=O) groups is 1. The topological polar surface area (TPSA) is 83.6 Å². The molecule has 0 fully saturated rings. The van der Waals surface area contributed by atoms with Gasteiger partial charge in [-0.05, 0) is 37.1 Å². The number of hydrogen-bond donors (Lipinski definition) is 0. The maximum Gasteiger partial charge on any atom is 0.355 e. The Bertz CT molecular complexity index is 1030. The van der Waals surface area contributed by atoms with Crippen molar-refractivity contribution in [1.29, 1.82) is 0 Å². The summed E-state index contributed by atoms with van der Waals surface area (Å²) >= 11 is 1.35. The van der Waals surface area contributed by atoms with Crippen LogP contribution in [-0.4, -0.2) is 29.1 Å². The third-order valence-electron chi connectivity index (χ3n) is 4.11. The van der Waals surface area contributed by atoms with Crippen LogP contribution in [-0.2, 0) is 4.74 Å². The van der Waals surface area contributed by atoms with Crippen LogP contribution in [0.5, 0.6) is 5.75 Å². The second-order valence-corrected chi connectivity index (χ2v) is 7.00. The lowest BCUT2D eigenvalue weighted by Gasteiger charge is -2.07. The Morgan fingerprint density at radius 1 is 1.14 bits per heavy atom. The largest absolute Gasteiger partial charge is 0.490 e. The van der Waals surface area contributed by atoms with Gasteiger partial charge in [0.15, 0.2) is 0 Å². The molecule has 0 aliphatic heterocycles. The van der Waals surface area contributed by atoms with Crippen molar-refractivity contribution in [2.45, 2.75) is 11.8 Å². The average molecular weight is 398 g/mol. The van der Waals surface area contributed by atoms with Gasteiger partial charge in [-0.1, -0.05) is 29.8 Å². The SMILES string of the molecule is COC(=O)c1cc(-c2cccc([N+](=O)[O-])c2OC)cn1Sc1ccc(C)cc1. The number of nitro benzene ring substituents is 1. The van der Waals surface area contributed by atoms with Gasteiger partial charge in [-0.25, -0.2) is 4.79 Å². The molecule has 1 aromatic heterocycles. The van der Waals surface area contributed by atoms with Crippen LogP contribution in [0.25, 0.3) is 11.1 Å². The molecular weight excluding hydrogens is 380 g/mol. The fourth-order valence-corrected chi connectivity index (χ4v) is 3.62. The summed E-state index contributed by atoms with van der Waals surface area (Å²) < 4.78 is 11.9. The van der Waals surface area contributed by atoms with Crippen LogP contribution in [0, 0.1) is 17.0 Å². The van der Waals surface area contributed by atoms with E-state index < -0.39 is 10.9 Å². The van der Waals surface area contributed by atoms with Crippen LogP contribution in [0.4, 0.5) is 5.69 Å². The highest BCUT2D eigenvalue weighted by atomic mass is 32.2. The quantitative estimate of drug-likeness (QED) is 0.339. The van der Waals surface area contributed by atoms with Gasteiger partial charge in [-0.3, -0.25) is 14.1 Å². The Hall–Kier alpha value is -3.26. The van der Waals surface area contributed by atoms with Crippen molar-refractivity contribution in [3.8, 4) is 16.9 Å². The number of ether oxygens (including phenoxy) is 2. The molecule has 3 aromatic rings. The zero-order chi connectivity index (χ0) is 20.3. The van der Waals surface area contributed by atoms with Crippen LogP contribution in [0.1, 0.15) is 16.1 Å². The minimum absolute atomic E-state index is 0.140. The lowest BCUT2D eigenvalue weighted by Crippen LogP contribution is -2.05. The van der Waals surface area contributed by atoms with E-state index in [1.807, 2.05) is 31.2 Å². The molecule has 0 spiro atoms. The lowest BCUT2D eigenvalue weighted by molar-refractivity contribution is -0.385. The van der Waals surface area contributed by atoms with Gasteiger partial charge in [0.1, 0.15) is 5.69 Å². The Morgan fingerprint density at radius 2 is 1.86 bits per heavy atom. The number of rotatable bonds is 6. The molecule has 0 aliphatic rings. The molecule has 0 bridgehead atoms. The van der Waals surface area contributed by atoms with Crippen molar-refractivity contribution in [2.75, 3.05) is 14.2 Å². The van der Waals surface area contributed by atoms with E-state index in [1.54, 1.807) is 28.4 Å². The van der Waals surface area contributed by atoms with Crippen molar-refractivity contribution in [2.24, 2.45) is 0 Å². The number of benzene rings is 2. The van der Waals surface area contributed by atoms with E-state index >= 15 is 0 Å². The summed E-state index contributed by atoms with van der Waals surface area (Å²) in [5.74, 6) is -0.364. The molecule has 0 amide bonds. The first-order valence-corrected chi connectivity index (χ1v) is 9.09. The third kappa shape index (κ3) is 3.86. The van der Waals surface area contributed by atoms with Crippen molar-refractivity contribution in [1.82, 2.24) is 3.97 Å². The maximum absolute atomic E-state index is 12.3. The van der Waals surface area contributed by atoms with Gasteiger partial charge in [0.05, 0.1) is 19.1 Å². The minimum Gasteiger partial charge on any atom is -0.490 e. The van der Waals surface area contributed by atoms with Gasteiger partial charge in [0.2, 0.25) is 5.75 Å². The first-order chi connectivity index (χ1) is 13.4. The van der Waals surface area contributed by atoms with Gasteiger partial charge in [-0.15, -0.1) is 0 Å². The molecule has 8 heteroatoms. The first-order valence-electron chi connectivity index (χ1n) is 8.32. The molecule has 2 aromatic carbocycles. The van der Waals surface area contributed by atoms with Crippen LogP contribution in [0.3, 0.4) is 0 Å². The van der Waals surface area contributed by atoms with Gasteiger partial charge < -0.3 is 9.47 Å². The summed E-state index contributed by atoms with van der Waals surface area (Å²) in [7, 11) is 2.69. The molecule has 1 heterocycles. The Balaban J connectivity index is 2.10. The first kappa shape index (κ1) is 19.5. The monoisotopic (exact) mass is 398 g/mol. The molecule has 28 heavy (non-hydrogen) atoms. The number of esters is 1. The van der Waals surface area contributed by atoms with Crippen molar-refractivity contribution < 1.29 is 19.2 Å². The summed E-state index contributed by atoms with van der Waals surface area (Å²) in [6, 6.07) is 14.2. The van der Waals surface area contributed by atoms with Gasteiger partial charge >= 0.3 is 11.7 Å². The number of methoxy groups -OCH3 is 2. The molecule has 0 saturated heterocycles. The second kappa shape index (κ2) is 8.18. The van der Waals surface area contributed by atoms with E-state index in [0.29, 0.717) is 16.8 Å². The minimum atomic E-state index is -0.504. The maximum atomic E-state index is 12.3. The fourth-order valence-electron chi connectivity index (χ4n) is 2.74. The molecule has 0 radical (unpaired) electrons. The summed E-state index contributed by atoms with van der Waals surface area (Å²) in [5.41, 5.74) is 2.44. The van der Waals surface area contributed by atoms with Crippen LogP contribution < -0.4 is 4.74 Å². The highest BCUT2D eigenvalue weighted by molar-refractivity contribution is 7.97. The fraction of sp³-hybridized carbons (Fsp3) is 0.150. The molecule has 0 aliphatic carbocycles. The average Bonchev–Trinajstić information content (AvgIpc) is 3.12. The second-order valence-electron chi connectivity index (χ2n) is 5.95. The number of aryl methyl sites for hydroxylation is 1. The van der Waals surface area contributed by atoms with E-state index in [0.717, 1.165) is 10.5 Å². The summed E-state index contributed by atoms with van der Waals surface area (Å²) in [4.78, 5) is 24.0. The smallest absolute Gasteiger partial charge is 0.355 e. The predicted molar refractivity (Wildman–Crippen MR) is 107 cm³/mol. The van der Waals surface area contributed by atoms with Crippen molar-refractivity contribution in [3.63, 3.8) is 0 Å². The van der Waals surface area contributed by atoms with E-state index in [1.165, 1.54) is 32.2 Å². The molecule has 0 atom stereocenters. The lowest BCUT2D eigenvalue weighted by atomic mass is 10.1. The summed E-state index contributed by atoms with van der Waals surface area (Å²) in [5, 5.41) is 11.3. The molecule has 0 saturated carbocycles. The Kier molecular flexibility index (Phi) is 5.70. The normalized spacial score (nSPS) is 10.5. The van der Waals surface area contributed by atoms with Crippen LogP contribution >= 0.6 is 11.9 Å². The Morgan fingerprint density at radius 3 is 2.46 bits per heavy atom. The van der Waals surface area contributed by atoms with E-state index in [4.69, 9.17) is 9.47 Å². The number of hydrogen-bond acceptors (Lipinski definition) is 6. The van der Waals surface area contributed by atoms with E-state index in [9.17, 15) is 14.9 Å². The zero-order valence-corrected chi connectivity index (χ0v) is 16.4. The molecular formula is C20H18N2O5S. The molecule has 0 unspecified atom stereocenters. The van der Waals surface area contributed by atoms with Gasteiger partial charge in [-0.2, -0.15) is 0 Å². The van der Waals surface area contributed by atoms with Crippen molar-refractivity contribution >= 4 is 23.6 Å². The standard InChI is InChI=1S/C20H18N2O5S/c1-13-7-9-15(10-8-13)28-21-12-14(11-18(21)20(23)27-3)16-5-4-6-17(22(24)25)19(16)26-2/h4-12H,1-3H3. The van der Waals surface area contributed by atoms with Gasteiger partial charge in [0, 0.05) is 28.3 Å². The van der Waals surface area contributed by atoms with Crippen molar-refractivity contribution in [3.05, 3.63) is 76.1 Å². The van der Waals surface area contributed by atoms with E-state index in [2.05, 4.69) is 0 Å². The third-order valence-corrected chi connectivity index (χ3v) is 5.09. The number of nitrogens with zero attached hydrogens (tertiary/aromatic N) is 2. The Labute approximate surface area is 166 Å². The number of nitro groups is 1. The van der Waals surface area contributed by atoms with E-state index in [-0.39, 0.29) is 11.4 Å². The number of carbonyl (C=O) groups excluding carboxylic acids is 1. The highest BCUT2D eigenvalue weighted by Gasteiger charge is 2.23. The zero-order valence-electron chi connectivity index (χ0n) is 15.5. The molecule has 144 valence electrons. The molecule has 7 nitrogen and oxygen atoms in total. The highest BCUT2D eigenvalue weighted by Crippen LogP contribution is 2.39. The molecule has 3 rings (SSSR count). The predicted octanol–water partition coefficient (Wildman–Crippen LogP) is 4.72. The van der Waals surface area contributed by atoms with Crippen LogP contribution in [0.15, 0.2) is 59.6 Å². The summed E-state index contributed by atoms with van der Waals surface area (Å²) in [6.45, 7) is 2.00. The van der Waals surface area contributed by atoms with Crippen LogP contribution in [0.2, 0.25) is 0 Å². The van der Waals surface area contributed by atoms with Gasteiger partial charge in [0.25, 0.3) is 0 Å². The molecule has 0 N–H and O–H groups in total. The number of aromatic nitrogens is 1.